The molecule has 112 valence electrons. The largest absolute Gasteiger partial charge is 0.351 e. The summed E-state index contributed by atoms with van der Waals surface area (Å²) in [6.07, 6.45) is 4.82. The smallest absolute Gasteiger partial charge is 0.314 e. The van der Waals surface area contributed by atoms with E-state index in [1.165, 1.54) is 25.7 Å². The van der Waals surface area contributed by atoms with Crippen molar-refractivity contribution < 1.29 is 4.79 Å². The highest BCUT2D eigenvalue weighted by molar-refractivity contribution is 5.72. The van der Waals surface area contributed by atoms with E-state index in [0.29, 0.717) is 12.0 Å². The maximum atomic E-state index is 11.4. The number of piperidine rings is 1. The number of hydrogen-bond donors (Lipinski definition) is 2. The fourth-order valence-electron chi connectivity index (χ4n) is 2.68. The van der Waals surface area contributed by atoms with Gasteiger partial charge in [0.25, 0.3) is 0 Å². The van der Waals surface area contributed by atoms with Crippen LogP contribution < -0.4 is 11.1 Å². The van der Waals surface area contributed by atoms with Crippen LogP contribution in [0, 0.1) is 11.3 Å². The lowest BCUT2D eigenvalue weighted by Crippen LogP contribution is -2.53. The van der Waals surface area contributed by atoms with E-state index in [0.717, 1.165) is 19.6 Å². The van der Waals surface area contributed by atoms with Crippen LogP contribution in [0.5, 0.6) is 0 Å². The first-order chi connectivity index (χ1) is 8.81. The van der Waals surface area contributed by atoms with Gasteiger partial charge in [-0.1, -0.05) is 40.5 Å². The normalized spacial score (nSPS) is 24.5. The Labute approximate surface area is 118 Å². The summed E-state index contributed by atoms with van der Waals surface area (Å²) in [5.41, 5.74) is 5.73. The van der Waals surface area contributed by atoms with Crippen LogP contribution in [0.3, 0.4) is 0 Å². The van der Waals surface area contributed by atoms with Gasteiger partial charge in [0.2, 0.25) is 0 Å². The lowest BCUT2D eigenvalue weighted by atomic mass is 9.89. The Morgan fingerprint density at radius 3 is 2.58 bits per heavy atom. The van der Waals surface area contributed by atoms with Crippen molar-refractivity contribution in [1.29, 1.82) is 0 Å². The van der Waals surface area contributed by atoms with Crippen LogP contribution in [-0.2, 0) is 0 Å². The van der Waals surface area contributed by atoms with Gasteiger partial charge in [-0.25, -0.2) is 4.79 Å². The van der Waals surface area contributed by atoms with Gasteiger partial charge < -0.3 is 16.0 Å². The fraction of sp³-hybridized carbons (Fsp3) is 0.933. The Hall–Kier alpha value is -0.770. The zero-order chi connectivity index (χ0) is 14.5. The third kappa shape index (κ3) is 6.28. The van der Waals surface area contributed by atoms with Gasteiger partial charge in [-0.3, -0.25) is 0 Å². The Balaban J connectivity index is 2.52. The number of rotatable bonds is 5. The van der Waals surface area contributed by atoms with E-state index >= 15 is 0 Å². The van der Waals surface area contributed by atoms with E-state index in [9.17, 15) is 4.79 Å². The number of likely N-dealkylation sites (tertiary alicyclic amines) is 1. The van der Waals surface area contributed by atoms with Crippen LogP contribution in [0.25, 0.3) is 0 Å². The van der Waals surface area contributed by atoms with E-state index in [1.54, 1.807) is 0 Å². The van der Waals surface area contributed by atoms with Crippen molar-refractivity contribution in [3.05, 3.63) is 0 Å². The highest BCUT2D eigenvalue weighted by Gasteiger charge is 2.29. The van der Waals surface area contributed by atoms with Crippen molar-refractivity contribution in [2.24, 2.45) is 17.1 Å². The second kappa shape index (κ2) is 7.13. The Bertz CT molecular complexity index is 286. The molecule has 1 saturated heterocycles. The molecule has 1 heterocycles. The third-order valence-electron chi connectivity index (χ3n) is 3.74. The van der Waals surface area contributed by atoms with Crippen LogP contribution in [-0.4, -0.2) is 36.6 Å². The van der Waals surface area contributed by atoms with Crippen LogP contribution in [0.15, 0.2) is 0 Å². The number of amides is 2. The number of hydrogen-bond acceptors (Lipinski definition) is 2. The maximum absolute atomic E-state index is 11.4. The molecule has 1 aliphatic heterocycles. The molecule has 1 aliphatic rings. The highest BCUT2D eigenvalue weighted by atomic mass is 16.2. The highest BCUT2D eigenvalue weighted by Crippen LogP contribution is 2.23. The maximum Gasteiger partial charge on any atom is 0.314 e. The van der Waals surface area contributed by atoms with E-state index < -0.39 is 0 Å². The van der Waals surface area contributed by atoms with E-state index in [-0.39, 0.29) is 11.4 Å². The number of carbonyl (C=O) groups is 1. The minimum absolute atomic E-state index is 0.272. The van der Waals surface area contributed by atoms with Crippen molar-refractivity contribution >= 4 is 6.03 Å². The predicted octanol–water partition coefficient (Wildman–Crippen LogP) is 2.58. The SMILES string of the molecule is CCCCC1CC(NCC(C)(C)C)CN(C(N)=O)C1. The second-order valence-electron chi connectivity index (χ2n) is 7.13. The molecule has 0 aliphatic carbocycles. The van der Waals surface area contributed by atoms with Crippen LogP contribution in [0.4, 0.5) is 4.79 Å². The average molecular weight is 269 g/mol. The molecule has 0 saturated carbocycles. The molecular weight excluding hydrogens is 238 g/mol. The molecule has 2 unspecified atom stereocenters. The summed E-state index contributed by atoms with van der Waals surface area (Å²) in [4.78, 5) is 13.3. The molecule has 1 fully saturated rings. The third-order valence-corrected chi connectivity index (χ3v) is 3.74. The Morgan fingerprint density at radius 1 is 1.37 bits per heavy atom. The van der Waals surface area contributed by atoms with Gasteiger partial charge in [-0.2, -0.15) is 0 Å². The van der Waals surface area contributed by atoms with Crippen molar-refractivity contribution in [2.75, 3.05) is 19.6 Å². The molecule has 0 spiro atoms. The molecule has 19 heavy (non-hydrogen) atoms. The number of nitrogens with zero attached hydrogens (tertiary/aromatic N) is 1. The predicted molar refractivity (Wildman–Crippen MR) is 80.0 cm³/mol. The quantitative estimate of drug-likeness (QED) is 0.806. The molecule has 3 N–H and O–H groups in total. The summed E-state index contributed by atoms with van der Waals surface area (Å²) in [5.74, 6) is 0.596. The summed E-state index contributed by atoms with van der Waals surface area (Å²) in [6.45, 7) is 11.5. The minimum atomic E-state index is -0.274. The zero-order valence-electron chi connectivity index (χ0n) is 13.0. The molecule has 2 atom stereocenters. The van der Waals surface area contributed by atoms with Crippen molar-refractivity contribution in [3.63, 3.8) is 0 Å². The molecule has 0 aromatic heterocycles. The topological polar surface area (TPSA) is 58.4 Å². The Kier molecular flexibility index (Phi) is 6.11. The van der Waals surface area contributed by atoms with Gasteiger partial charge in [-0.15, -0.1) is 0 Å². The summed E-state index contributed by atoms with van der Waals surface area (Å²) < 4.78 is 0. The molecule has 0 aromatic rings. The fourth-order valence-corrected chi connectivity index (χ4v) is 2.68. The molecule has 0 aromatic carbocycles. The van der Waals surface area contributed by atoms with Gasteiger partial charge in [0, 0.05) is 25.7 Å². The van der Waals surface area contributed by atoms with Gasteiger partial charge in [0.15, 0.2) is 0 Å². The van der Waals surface area contributed by atoms with Crippen molar-refractivity contribution in [1.82, 2.24) is 10.2 Å². The monoisotopic (exact) mass is 269 g/mol. The van der Waals surface area contributed by atoms with E-state index in [4.69, 9.17) is 5.73 Å². The number of primary amides is 1. The lowest BCUT2D eigenvalue weighted by molar-refractivity contribution is 0.143. The van der Waals surface area contributed by atoms with Crippen LogP contribution in [0.1, 0.15) is 53.4 Å². The molecule has 1 rings (SSSR count). The number of urea groups is 1. The summed E-state index contributed by atoms with van der Waals surface area (Å²) in [7, 11) is 0. The number of nitrogens with two attached hydrogens (primary N) is 1. The molecular formula is C15H31N3O. The Morgan fingerprint density at radius 2 is 2.05 bits per heavy atom. The first kappa shape index (κ1) is 16.3. The minimum Gasteiger partial charge on any atom is -0.351 e. The number of carbonyl (C=O) groups excluding carboxylic acids is 1. The number of nitrogens with one attached hydrogen (secondary N) is 1. The first-order valence-electron chi connectivity index (χ1n) is 7.59. The molecule has 4 heteroatoms. The second-order valence-corrected chi connectivity index (χ2v) is 7.13. The van der Waals surface area contributed by atoms with E-state index in [2.05, 4.69) is 33.0 Å². The van der Waals surface area contributed by atoms with Gasteiger partial charge >= 0.3 is 6.03 Å². The first-order valence-corrected chi connectivity index (χ1v) is 7.59. The molecule has 4 nitrogen and oxygen atoms in total. The number of unbranched alkanes of at least 4 members (excludes halogenated alkanes) is 1. The standard InChI is InChI=1S/C15H31N3O/c1-5-6-7-12-8-13(17-11-15(2,3)4)10-18(9-12)14(16)19/h12-13,17H,5-11H2,1-4H3,(H2,16,19). The van der Waals surface area contributed by atoms with Gasteiger partial charge in [0.05, 0.1) is 0 Å². The summed E-state index contributed by atoms with van der Waals surface area (Å²) in [5, 5.41) is 3.60. The average Bonchev–Trinajstić information content (AvgIpc) is 2.32. The van der Waals surface area contributed by atoms with Gasteiger partial charge in [-0.05, 0) is 24.2 Å². The lowest BCUT2D eigenvalue weighted by Gasteiger charge is -2.38. The zero-order valence-corrected chi connectivity index (χ0v) is 13.0. The summed E-state index contributed by atoms with van der Waals surface area (Å²) >= 11 is 0. The molecule has 0 bridgehead atoms. The van der Waals surface area contributed by atoms with Gasteiger partial charge in [0.1, 0.15) is 0 Å². The molecule has 2 amide bonds. The summed E-state index contributed by atoms with van der Waals surface area (Å²) in [6, 6.07) is 0.117. The van der Waals surface area contributed by atoms with Crippen LogP contribution >= 0.6 is 0 Å². The van der Waals surface area contributed by atoms with Crippen molar-refractivity contribution in [3.8, 4) is 0 Å². The molecule has 0 radical (unpaired) electrons. The van der Waals surface area contributed by atoms with Crippen LogP contribution in [0.2, 0.25) is 0 Å². The van der Waals surface area contributed by atoms with Crippen molar-refractivity contribution in [2.45, 2.75) is 59.4 Å². The van der Waals surface area contributed by atoms with E-state index in [1.807, 2.05) is 4.90 Å².